The molecule has 132 valence electrons. The standard InChI is InChI=1S/C18H18ClFN2O3/c1-21(11-12-13(19)5-2-6-14(12)20)17(23)15-7-3-9-22(15)18(24)16-8-4-10-25-16/h2,4-6,8,10,15H,3,7,9,11H2,1H3/t15-/m0/s1. The molecule has 1 atom stereocenters. The van der Waals surface area contributed by atoms with Gasteiger partial charge < -0.3 is 14.2 Å². The number of nitrogens with zero attached hydrogens (tertiary/aromatic N) is 2. The number of benzene rings is 1. The first-order valence-electron chi connectivity index (χ1n) is 8.01. The van der Waals surface area contributed by atoms with Crippen molar-refractivity contribution in [1.82, 2.24) is 9.80 Å². The van der Waals surface area contributed by atoms with Crippen molar-refractivity contribution in [1.29, 1.82) is 0 Å². The summed E-state index contributed by atoms with van der Waals surface area (Å²) in [7, 11) is 1.58. The van der Waals surface area contributed by atoms with Gasteiger partial charge in [-0.1, -0.05) is 17.7 Å². The Morgan fingerprint density at radius 2 is 2.16 bits per heavy atom. The Hall–Kier alpha value is -2.34. The highest BCUT2D eigenvalue weighted by Gasteiger charge is 2.37. The molecule has 1 aromatic heterocycles. The van der Waals surface area contributed by atoms with Crippen LogP contribution < -0.4 is 0 Å². The van der Waals surface area contributed by atoms with Crippen LogP contribution in [0, 0.1) is 5.82 Å². The van der Waals surface area contributed by atoms with Crippen molar-refractivity contribution >= 4 is 23.4 Å². The van der Waals surface area contributed by atoms with E-state index in [1.165, 1.54) is 28.2 Å². The number of carbonyl (C=O) groups excluding carboxylic acids is 2. The molecule has 2 heterocycles. The van der Waals surface area contributed by atoms with Crippen molar-refractivity contribution in [3.8, 4) is 0 Å². The summed E-state index contributed by atoms with van der Waals surface area (Å²) in [5.74, 6) is -0.795. The lowest BCUT2D eigenvalue weighted by Gasteiger charge is -2.27. The van der Waals surface area contributed by atoms with Gasteiger partial charge in [0.25, 0.3) is 5.91 Å². The molecule has 0 N–H and O–H groups in total. The molecule has 3 rings (SSSR count). The van der Waals surface area contributed by atoms with Crippen molar-refractivity contribution in [3.63, 3.8) is 0 Å². The molecule has 2 aromatic rings. The predicted molar refractivity (Wildman–Crippen MR) is 90.7 cm³/mol. The molecule has 25 heavy (non-hydrogen) atoms. The normalized spacial score (nSPS) is 16.9. The summed E-state index contributed by atoms with van der Waals surface area (Å²) in [4.78, 5) is 28.2. The number of hydrogen-bond donors (Lipinski definition) is 0. The Morgan fingerprint density at radius 1 is 1.36 bits per heavy atom. The summed E-state index contributed by atoms with van der Waals surface area (Å²) in [5, 5.41) is 0.273. The van der Waals surface area contributed by atoms with Crippen molar-refractivity contribution in [2.24, 2.45) is 0 Å². The number of hydrogen-bond acceptors (Lipinski definition) is 3. The molecular weight excluding hydrogens is 347 g/mol. The zero-order chi connectivity index (χ0) is 18.0. The third-order valence-corrected chi connectivity index (χ3v) is 4.72. The lowest BCUT2D eigenvalue weighted by molar-refractivity contribution is -0.134. The molecule has 0 aliphatic carbocycles. The van der Waals surface area contributed by atoms with E-state index in [1.807, 2.05) is 0 Å². The van der Waals surface area contributed by atoms with Crippen LogP contribution in [0.15, 0.2) is 41.0 Å². The molecule has 5 nitrogen and oxygen atoms in total. The summed E-state index contributed by atoms with van der Waals surface area (Å²) in [5.41, 5.74) is 0.266. The van der Waals surface area contributed by atoms with Crippen LogP contribution in [0.4, 0.5) is 4.39 Å². The minimum atomic E-state index is -0.576. The van der Waals surface area contributed by atoms with Gasteiger partial charge in [-0.05, 0) is 37.1 Å². The lowest BCUT2D eigenvalue weighted by atomic mass is 10.1. The van der Waals surface area contributed by atoms with Crippen LogP contribution in [0.5, 0.6) is 0 Å². The molecule has 1 saturated heterocycles. The SMILES string of the molecule is CN(Cc1c(F)cccc1Cl)C(=O)[C@@H]1CCCN1C(=O)c1ccco1. The number of likely N-dealkylation sites (N-methyl/N-ethyl adjacent to an activating group) is 1. The van der Waals surface area contributed by atoms with Gasteiger partial charge in [0.05, 0.1) is 6.26 Å². The molecule has 1 aliphatic heterocycles. The number of rotatable bonds is 4. The molecule has 0 bridgehead atoms. The van der Waals surface area contributed by atoms with Gasteiger partial charge in [0.2, 0.25) is 5.91 Å². The first-order valence-corrected chi connectivity index (χ1v) is 8.39. The molecule has 1 aromatic carbocycles. The summed E-state index contributed by atoms with van der Waals surface area (Å²) in [6.07, 6.45) is 2.73. The van der Waals surface area contributed by atoms with E-state index < -0.39 is 11.9 Å². The van der Waals surface area contributed by atoms with Crippen molar-refractivity contribution in [3.05, 3.63) is 58.8 Å². The smallest absolute Gasteiger partial charge is 0.290 e. The van der Waals surface area contributed by atoms with Crippen molar-refractivity contribution in [2.45, 2.75) is 25.4 Å². The fourth-order valence-corrected chi connectivity index (χ4v) is 3.28. The van der Waals surface area contributed by atoms with E-state index in [0.717, 1.165) is 6.42 Å². The largest absolute Gasteiger partial charge is 0.459 e. The molecule has 0 saturated carbocycles. The van der Waals surface area contributed by atoms with E-state index in [0.29, 0.717) is 13.0 Å². The first-order chi connectivity index (χ1) is 12.0. The quantitative estimate of drug-likeness (QED) is 0.836. The molecular formula is C18H18ClFN2O3. The monoisotopic (exact) mass is 364 g/mol. The van der Waals surface area contributed by atoms with Gasteiger partial charge >= 0.3 is 0 Å². The maximum Gasteiger partial charge on any atom is 0.290 e. The number of carbonyl (C=O) groups is 2. The van der Waals surface area contributed by atoms with E-state index in [9.17, 15) is 14.0 Å². The Morgan fingerprint density at radius 3 is 2.84 bits per heavy atom. The van der Waals surface area contributed by atoms with E-state index >= 15 is 0 Å². The zero-order valence-corrected chi connectivity index (χ0v) is 14.5. The summed E-state index contributed by atoms with van der Waals surface area (Å²) in [6.45, 7) is 0.536. The summed E-state index contributed by atoms with van der Waals surface area (Å²) in [6, 6.07) is 7.04. The average Bonchev–Trinajstić information content (AvgIpc) is 3.28. The highest BCUT2D eigenvalue weighted by Crippen LogP contribution is 2.24. The maximum absolute atomic E-state index is 13.9. The minimum Gasteiger partial charge on any atom is -0.459 e. The van der Waals surface area contributed by atoms with E-state index in [2.05, 4.69) is 0 Å². The third kappa shape index (κ3) is 3.54. The fourth-order valence-electron chi connectivity index (χ4n) is 3.06. The van der Waals surface area contributed by atoms with Crippen LogP contribution in [0.3, 0.4) is 0 Å². The summed E-state index contributed by atoms with van der Waals surface area (Å²) < 4.78 is 19.1. The van der Waals surface area contributed by atoms with Gasteiger partial charge in [0.15, 0.2) is 5.76 Å². The van der Waals surface area contributed by atoms with Gasteiger partial charge in [-0.2, -0.15) is 0 Å². The molecule has 0 radical (unpaired) electrons. The van der Waals surface area contributed by atoms with Crippen LogP contribution in [0.1, 0.15) is 29.0 Å². The number of halogens is 2. The second kappa shape index (κ2) is 7.27. The van der Waals surface area contributed by atoms with E-state index in [-0.39, 0.29) is 34.7 Å². The number of amides is 2. The lowest BCUT2D eigenvalue weighted by Crippen LogP contribution is -2.46. The highest BCUT2D eigenvalue weighted by molar-refractivity contribution is 6.31. The van der Waals surface area contributed by atoms with Crippen LogP contribution in [-0.4, -0.2) is 41.2 Å². The molecule has 7 heteroatoms. The summed E-state index contributed by atoms with van der Waals surface area (Å²) >= 11 is 6.03. The van der Waals surface area contributed by atoms with E-state index in [1.54, 1.807) is 25.2 Å². The molecule has 0 unspecified atom stereocenters. The predicted octanol–water partition coefficient (Wildman–Crippen LogP) is 3.34. The number of furan rings is 1. The Balaban J connectivity index is 1.74. The van der Waals surface area contributed by atoms with Crippen LogP contribution in [0.25, 0.3) is 0 Å². The minimum absolute atomic E-state index is 0.0453. The molecule has 2 amide bonds. The first kappa shape index (κ1) is 17.5. The fraction of sp³-hybridized carbons (Fsp3) is 0.333. The van der Waals surface area contributed by atoms with E-state index in [4.69, 9.17) is 16.0 Å². The zero-order valence-electron chi connectivity index (χ0n) is 13.7. The van der Waals surface area contributed by atoms with Crippen LogP contribution >= 0.6 is 11.6 Å². The molecule has 1 aliphatic rings. The van der Waals surface area contributed by atoms with Gasteiger partial charge in [-0.3, -0.25) is 9.59 Å². The molecule has 1 fully saturated rings. The second-order valence-electron chi connectivity index (χ2n) is 6.03. The Bertz CT molecular complexity index is 758. The third-order valence-electron chi connectivity index (χ3n) is 4.36. The highest BCUT2D eigenvalue weighted by atomic mass is 35.5. The second-order valence-corrected chi connectivity index (χ2v) is 6.44. The van der Waals surface area contributed by atoms with Gasteiger partial charge in [-0.15, -0.1) is 0 Å². The van der Waals surface area contributed by atoms with Gasteiger partial charge in [0.1, 0.15) is 11.9 Å². The van der Waals surface area contributed by atoms with Gasteiger partial charge in [0, 0.05) is 30.7 Å². The molecule has 0 spiro atoms. The van der Waals surface area contributed by atoms with Crippen molar-refractivity contribution < 1.29 is 18.4 Å². The maximum atomic E-state index is 13.9. The Labute approximate surface area is 150 Å². The van der Waals surface area contributed by atoms with Crippen LogP contribution in [0.2, 0.25) is 5.02 Å². The van der Waals surface area contributed by atoms with Crippen LogP contribution in [-0.2, 0) is 11.3 Å². The average molecular weight is 365 g/mol. The van der Waals surface area contributed by atoms with Crippen molar-refractivity contribution in [2.75, 3.05) is 13.6 Å². The Kier molecular flexibility index (Phi) is 5.08. The topological polar surface area (TPSA) is 53.8 Å². The number of likely N-dealkylation sites (tertiary alicyclic amines) is 1. The van der Waals surface area contributed by atoms with Gasteiger partial charge in [-0.25, -0.2) is 4.39 Å².